The van der Waals surface area contributed by atoms with Crippen LogP contribution < -0.4 is 10.1 Å². The van der Waals surface area contributed by atoms with Crippen LogP contribution in [0.1, 0.15) is 15.9 Å². The number of amides is 1. The number of hydrogen-bond donors (Lipinski definition) is 1. The Morgan fingerprint density at radius 2 is 1.77 bits per heavy atom. The fourth-order valence-corrected chi connectivity index (χ4v) is 3.91. The molecule has 0 radical (unpaired) electrons. The molecule has 4 rings (SSSR count). The Labute approximate surface area is 186 Å². The fraction of sp³-hybridized carbons (Fsp3) is 0. The van der Waals surface area contributed by atoms with E-state index >= 15 is 0 Å². The van der Waals surface area contributed by atoms with Crippen molar-refractivity contribution in [1.29, 1.82) is 0 Å². The summed E-state index contributed by atoms with van der Waals surface area (Å²) in [6.07, 6.45) is 1.77. The minimum absolute atomic E-state index is 0.195. The molecule has 1 N–H and O–H groups in total. The third-order valence-electron chi connectivity index (χ3n) is 4.09. The van der Waals surface area contributed by atoms with Gasteiger partial charge < -0.3 is 10.1 Å². The van der Waals surface area contributed by atoms with E-state index in [1.807, 2.05) is 36.4 Å². The van der Waals surface area contributed by atoms with E-state index in [9.17, 15) is 9.59 Å². The van der Waals surface area contributed by atoms with Gasteiger partial charge >= 0.3 is 5.97 Å². The van der Waals surface area contributed by atoms with Crippen LogP contribution in [0.15, 0.2) is 93.2 Å². The normalized spacial score (nSPS) is 16.0. The lowest BCUT2D eigenvalue weighted by atomic mass is 10.2. The standard InChI is InChI=1S/C23H15BrN2O3S/c24-17-6-4-5-16(14-17)22(28)29-19-11-9-15(10-12-19)13-20-21(27)26-23(30-20)25-18-7-2-1-3-8-18/h1-14H,(H,25,26,27)/b20-13-. The summed E-state index contributed by atoms with van der Waals surface area (Å²) in [5, 5.41) is 3.30. The molecule has 1 fully saturated rings. The van der Waals surface area contributed by atoms with Crippen molar-refractivity contribution >= 4 is 56.5 Å². The second kappa shape index (κ2) is 9.11. The van der Waals surface area contributed by atoms with E-state index < -0.39 is 5.97 Å². The minimum atomic E-state index is -0.435. The summed E-state index contributed by atoms with van der Waals surface area (Å²) >= 11 is 4.62. The van der Waals surface area contributed by atoms with Crippen molar-refractivity contribution in [3.63, 3.8) is 0 Å². The molecule has 0 aliphatic carbocycles. The van der Waals surface area contributed by atoms with Crippen LogP contribution in [0.25, 0.3) is 6.08 Å². The molecular formula is C23H15BrN2O3S. The molecule has 0 bridgehead atoms. The number of carbonyl (C=O) groups excluding carboxylic acids is 2. The van der Waals surface area contributed by atoms with E-state index in [0.29, 0.717) is 21.4 Å². The molecule has 0 atom stereocenters. The third kappa shape index (κ3) is 5.06. The van der Waals surface area contributed by atoms with Crippen molar-refractivity contribution in [2.75, 3.05) is 0 Å². The molecule has 0 unspecified atom stereocenters. The second-order valence-electron chi connectivity index (χ2n) is 6.29. The van der Waals surface area contributed by atoms with Gasteiger partial charge in [-0.25, -0.2) is 9.79 Å². The maximum Gasteiger partial charge on any atom is 0.343 e. The highest BCUT2D eigenvalue weighted by atomic mass is 79.9. The summed E-state index contributed by atoms with van der Waals surface area (Å²) in [6, 6.07) is 23.4. The van der Waals surface area contributed by atoms with E-state index in [2.05, 4.69) is 26.2 Å². The van der Waals surface area contributed by atoms with E-state index in [4.69, 9.17) is 4.74 Å². The Balaban J connectivity index is 1.44. The first-order chi connectivity index (χ1) is 14.6. The highest BCUT2D eigenvalue weighted by Crippen LogP contribution is 2.28. The average Bonchev–Trinajstić information content (AvgIpc) is 3.08. The van der Waals surface area contributed by atoms with Crippen LogP contribution >= 0.6 is 27.7 Å². The van der Waals surface area contributed by atoms with E-state index in [-0.39, 0.29) is 5.91 Å². The lowest BCUT2D eigenvalue weighted by Crippen LogP contribution is -2.19. The molecule has 1 amide bonds. The van der Waals surface area contributed by atoms with E-state index in [1.165, 1.54) is 11.8 Å². The minimum Gasteiger partial charge on any atom is -0.423 e. The van der Waals surface area contributed by atoms with Gasteiger partial charge in [0.1, 0.15) is 5.75 Å². The molecule has 0 spiro atoms. The largest absolute Gasteiger partial charge is 0.423 e. The number of halogens is 1. The maximum absolute atomic E-state index is 12.2. The molecule has 0 saturated carbocycles. The number of nitrogens with one attached hydrogen (secondary N) is 1. The van der Waals surface area contributed by atoms with Crippen molar-refractivity contribution in [1.82, 2.24) is 5.32 Å². The van der Waals surface area contributed by atoms with Crippen LogP contribution in [0.4, 0.5) is 5.69 Å². The number of nitrogens with zero attached hydrogens (tertiary/aromatic N) is 1. The first kappa shape index (κ1) is 20.1. The zero-order valence-corrected chi connectivity index (χ0v) is 17.9. The molecule has 7 heteroatoms. The molecule has 0 aromatic heterocycles. The summed E-state index contributed by atoms with van der Waals surface area (Å²) in [6.45, 7) is 0. The predicted octanol–water partition coefficient (Wildman–Crippen LogP) is 5.56. The van der Waals surface area contributed by atoms with Crippen LogP contribution in [0.5, 0.6) is 5.75 Å². The maximum atomic E-state index is 12.2. The van der Waals surface area contributed by atoms with Crippen molar-refractivity contribution < 1.29 is 14.3 Å². The van der Waals surface area contributed by atoms with Crippen molar-refractivity contribution in [3.05, 3.63) is 99.4 Å². The molecular weight excluding hydrogens is 464 g/mol. The summed E-state index contributed by atoms with van der Waals surface area (Å²) in [5.41, 5.74) is 2.05. The third-order valence-corrected chi connectivity index (χ3v) is 5.49. The summed E-state index contributed by atoms with van der Waals surface area (Å²) in [7, 11) is 0. The van der Waals surface area contributed by atoms with Gasteiger partial charge in [0.2, 0.25) is 0 Å². The number of carbonyl (C=O) groups is 2. The number of hydrogen-bond acceptors (Lipinski definition) is 5. The topological polar surface area (TPSA) is 67.8 Å². The smallest absolute Gasteiger partial charge is 0.343 e. The monoisotopic (exact) mass is 478 g/mol. The van der Waals surface area contributed by atoms with Gasteiger partial charge in [-0.05, 0) is 65.9 Å². The fourth-order valence-electron chi connectivity index (χ4n) is 2.67. The molecule has 1 saturated heterocycles. The summed E-state index contributed by atoms with van der Waals surface area (Å²) < 4.78 is 6.21. The number of esters is 1. The number of thioether (sulfide) groups is 1. The number of ether oxygens (including phenoxy) is 1. The second-order valence-corrected chi connectivity index (χ2v) is 8.23. The Bertz CT molecular complexity index is 1160. The van der Waals surface area contributed by atoms with Crippen molar-refractivity contribution in [2.45, 2.75) is 0 Å². The van der Waals surface area contributed by atoms with Gasteiger partial charge in [0.15, 0.2) is 5.17 Å². The molecule has 3 aromatic carbocycles. The highest BCUT2D eigenvalue weighted by molar-refractivity contribution is 9.10. The van der Waals surface area contributed by atoms with E-state index in [0.717, 1.165) is 15.7 Å². The van der Waals surface area contributed by atoms with E-state index in [1.54, 1.807) is 48.5 Å². The zero-order chi connectivity index (χ0) is 20.9. The number of para-hydroxylation sites is 1. The van der Waals surface area contributed by atoms with Crippen molar-refractivity contribution in [2.24, 2.45) is 4.99 Å². The Hall–Kier alpha value is -3.16. The van der Waals surface area contributed by atoms with Gasteiger partial charge in [0.05, 0.1) is 16.2 Å². The Morgan fingerprint density at radius 1 is 1.00 bits per heavy atom. The SMILES string of the molecule is O=C1NC(=Nc2ccccc2)S/C1=C\c1ccc(OC(=O)c2cccc(Br)c2)cc1. The number of amidine groups is 1. The van der Waals surface area contributed by atoms with Crippen molar-refractivity contribution in [3.8, 4) is 5.75 Å². The Morgan fingerprint density at radius 3 is 2.50 bits per heavy atom. The number of benzene rings is 3. The van der Waals surface area contributed by atoms with Crippen LogP contribution in [0, 0.1) is 0 Å². The van der Waals surface area contributed by atoms with Gasteiger partial charge in [0.25, 0.3) is 5.91 Å². The van der Waals surface area contributed by atoms with Gasteiger partial charge in [-0.15, -0.1) is 0 Å². The molecule has 148 valence electrons. The molecule has 1 aliphatic rings. The lowest BCUT2D eigenvalue weighted by Gasteiger charge is -2.05. The summed E-state index contributed by atoms with van der Waals surface area (Å²) in [4.78, 5) is 29.4. The molecule has 1 heterocycles. The van der Waals surface area contributed by atoms with Gasteiger partial charge in [-0.1, -0.05) is 52.3 Å². The predicted molar refractivity (Wildman–Crippen MR) is 123 cm³/mol. The average molecular weight is 479 g/mol. The van der Waals surface area contributed by atoms with Crippen LogP contribution in [0.2, 0.25) is 0 Å². The quantitative estimate of drug-likeness (QED) is 0.302. The highest BCUT2D eigenvalue weighted by Gasteiger charge is 2.23. The first-order valence-electron chi connectivity index (χ1n) is 8.99. The lowest BCUT2D eigenvalue weighted by molar-refractivity contribution is -0.115. The summed E-state index contributed by atoms with van der Waals surface area (Å²) in [5.74, 6) is -0.202. The first-order valence-corrected chi connectivity index (χ1v) is 10.6. The van der Waals surface area contributed by atoms with Crippen LogP contribution in [-0.4, -0.2) is 17.0 Å². The molecule has 3 aromatic rings. The number of aliphatic imine (C=N–C) groups is 1. The van der Waals surface area contributed by atoms with Gasteiger partial charge in [-0.3, -0.25) is 4.79 Å². The zero-order valence-electron chi connectivity index (χ0n) is 15.5. The van der Waals surface area contributed by atoms with Gasteiger partial charge in [-0.2, -0.15) is 0 Å². The van der Waals surface area contributed by atoms with Crippen LogP contribution in [-0.2, 0) is 4.79 Å². The molecule has 30 heavy (non-hydrogen) atoms. The molecule has 5 nitrogen and oxygen atoms in total. The molecule has 1 aliphatic heterocycles. The Kier molecular flexibility index (Phi) is 6.11. The van der Waals surface area contributed by atoms with Gasteiger partial charge in [0, 0.05) is 4.47 Å². The number of rotatable bonds is 4. The van der Waals surface area contributed by atoms with Crippen LogP contribution in [0.3, 0.4) is 0 Å².